The minimum Gasteiger partial charge on any atom is -0.338 e. The van der Waals surface area contributed by atoms with Gasteiger partial charge in [0.15, 0.2) is 0 Å². The second-order valence-corrected chi connectivity index (χ2v) is 9.84. The zero-order chi connectivity index (χ0) is 22.2. The highest BCUT2D eigenvalue weighted by Gasteiger charge is 2.43. The van der Waals surface area contributed by atoms with Crippen LogP contribution in [0.4, 0.5) is 16.2 Å². The van der Waals surface area contributed by atoms with Crippen molar-refractivity contribution in [3.8, 4) is 0 Å². The summed E-state index contributed by atoms with van der Waals surface area (Å²) >= 11 is 0. The number of hydrogen-bond acceptors (Lipinski definition) is 4. The van der Waals surface area contributed by atoms with Crippen LogP contribution in [0.1, 0.15) is 38.2 Å². The zero-order valence-corrected chi connectivity index (χ0v) is 18.6. The number of nitrogens with zero attached hydrogens (tertiary/aromatic N) is 3. The molecule has 0 bridgehead atoms. The largest absolute Gasteiger partial charge is 0.343 e. The number of sulfonamides is 1. The Labute approximate surface area is 183 Å². The molecular formula is C23H27N3O4S. The van der Waals surface area contributed by atoms with Crippen molar-refractivity contribution in [3.63, 3.8) is 0 Å². The van der Waals surface area contributed by atoms with Gasteiger partial charge in [0.25, 0.3) is 10.0 Å². The molecule has 4 rings (SSSR count). The van der Waals surface area contributed by atoms with Gasteiger partial charge in [-0.1, -0.05) is 36.8 Å². The number of anilines is 2. The number of hydrogen-bond donors (Lipinski definition) is 0. The molecule has 0 aliphatic carbocycles. The molecule has 2 aromatic rings. The monoisotopic (exact) mass is 441 g/mol. The van der Waals surface area contributed by atoms with E-state index in [1.165, 1.54) is 11.0 Å². The standard InChI is InChI=1S/C23H27N3O4S/c1-3-18-8-6-7-15-24(18)22(27)16-25-20-9-4-5-10-21(20)31(29,30)26(23(25)28)19-13-11-17(2)12-14-19/h4-5,9-14,18H,3,6-8,15-16H2,1-2H3. The molecule has 1 fully saturated rings. The first kappa shape index (κ1) is 21.4. The van der Waals surface area contributed by atoms with E-state index in [1.807, 2.05) is 11.8 Å². The number of carbonyl (C=O) groups is 2. The van der Waals surface area contributed by atoms with Gasteiger partial charge < -0.3 is 4.90 Å². The van der Waals surface area contributed by atoms with Crippen molar-refractivity contribution in [2.45, 2.75) is 50.5 Å². The predicted molar refractivity (Wildman–Crippen MR) is 120 cm³/mol. The average Bonchev–Trinajstić information content (AvgIpc) is 2.77. The fourth-order valence-electron chi connectivity index (χ4n) is 4.37. The lowest BCUT2D eigenvalue weighted by atomic mass is 10.00. The number of benzene rings is 2. The number of piperidine rings is 1. The van der Waals surface area contributed by atoms with Gasteiger partial charge in [-0.3, -0.25) is 9.69 Å². The lowest BCUT2D eigenvalue weighted by molar-refractivity contribution is -0.133. The molecule has 0 N–H and O–H groups in total. The number of carbonyl (C=O) groups excluding carboxylic acids is 2. The summed E-state index contributed by atoms with van der Waals surface area (Å²) in [6.45, 7) is 4.42. The summed E-state index contributed by atoms with van der Waals surface area (Å²) in [5, 5.41) is 0. The van der Waals surface area contributed by atoms with Gasteiger partial charge in [-0.2, -0.15) is 4.31 Å². The fourth-order valence-corrected chi connectivity index (χ4v) is 5.97. The molecule has 2 heterocycles. The molecule has 164 valence electrons. The number of likely N-dealkylation sites (tertiary alicyclic amines) is 1. The number of para-hydroxylation sites is 1. The average molecular weight is 442 g/mol. The van der Waals surface area contributed by atoms with Crippen LogP contribution in [0.25, 0.3) is 0 Å². The second kappa shape index (κ2) is 8.34. The molecule has 3 amide bonds. The van der Waals surface area contributed by atoms with Crippen LogP contribution in [0.3, 0.4) is 0 Å². The molecule has 1 unspecified atom stereocenters. The molecule has 31 heavy (non-hydrogen) atoms. The van der Waals surface area contributed by atoms with Crippen LogP contribution in [-0.4, -0.2) is 44.4 Å². The Morgan fingerprint density at radius 3 is 2.48 bits per heavy atom. The Kier molecular flexibility index (Phi) is 5.75. The molecule has 2 aliphatic heterocycles. The fraction of sp³-hybridized carbons (Fsp3) is 0.391. The highest BCUT2D eigenvalue weighted by molar-refractivity contribution is 7.94. The van der Waals surface area contributed by atoms with Gasteiger partial charge in [0, 0.05) is 12.6 Å². The van der Waals surface area contributed by atoms with Crippen molar-refractivity contribution in [1.82, 2.24) is 4.90 Å². The van der Waals surface area contributed by atoms with Gasteiger partial charge in [-0.25, -0.2) is 13.2 Å². The van der Waals surface area contributed by atoms with Crippen molar-refractivity contribution in [2.75, 3.05) is 22.3 Å². The van der Waals surface area contributed by atoms with Crippen molar-refractivity contribution < 1.29 is 18.0 Å². The van der Waals surface area contributed by atoms with E-state index < -0.39 is 16.1 Å². The maximum atomic E-state index is 13.5. The molecule has 7 nitrogen and oxygen atoms in total. The normalized spacial score (nSPS) is 20.5. The van der Waals surface area contributed by atoms with E-state index >= 15 is 0 Å². The van der Waals surface area contributed by atoms with Gasteiger partial charge in [0.05, 0.1) is 11.4 Å². The molecule has 0 aromatic heterocycles. The van der Waals surface area contributed by atoms with E-state index in [4.69, 9.17) is 0 Å². The Balaban J connectivity index is 1.74. The topological polar surface area (TPSA) is 78.0 Å². The van der Waals surface area contributed by atoms with Crippen LogP contribution in [0, 0.1) is 6.92 Å². The third-order valence-corrected chi connectivity index (χ3v) is 7.81. The second-order valence-electron chi connectivity index (χ2n) is 8.09. The van der Waals surface area contributed by atoms with Crippen LogP contribution in [-0.2, 0) is 14.8 Å². The van der Waals surface area contributed by atoms with Crippen LogP contribution >= 0.6 is 0 Å². The Hall–Kier alpha value is -2.87. The molecule has 1 atom stereocenters. The molecule has 0 radical (unpaired) electrons. The molecule has 2 aromatic carbocycles. The zero-order valence-electron chi connectivity index (χ0n) is 17.8. The summed E-state index contributed by atoms with van der Waals surface area (Å²) in [7, 11) is -4.09. The number of urea groups is 1. The van der Waals surface area contributed by atoms with Gasteiger partial charge in [-0.05, 0) is 56.9 Å². The highest BCUT2D eigenvalue weighted by atomic mass is 32.2. The quantitative estimate of drug-likeness (QED) is 0.720. The van der Waals surface area contributed by atoms with E-state index in [9.17, 15) is 18.0 Å². The Bertz CT molecular complexity index is 1100. The number of amides is 3. The lowest BCUT2D eigenvalue weighted by Gasteiger charge is -2.39. The van der Waals surface area contributed by atoms with E-state index in [2.05, 4.69) is 6.92 Å². The minimum atomic E-state index is -4.09. The summed E-state index contributed by atoms with van der Waals surface area (Å²) in [6.07, 6.45) is 3.85. The van der Waals surface area contributed by atoms with Crippen molar-refractivity contribution in [1.29, 1.82) is 0 Å². The van der Waals surface area contributed by atoms with Gasteiger partial charge in [0.1, 0.15) is 11.4 Å². The van der Waals surface area contributed by atoms with Gasteiger partial charge in [0.2, 0.25) is 5.91 Å². The lowest BCUT2D eigenvalue weighted by Crippen LogP contribution is -2.55. The Morgan fingerprint density at radius 2 is 1.77 bits per heavy atom. The first-order valence-electron chi connectivity index (χ1n) is 10.7. The first-order valence-corrected chi connectivity index (χ1v) is 12.1. The number of aryl methyl sites for hydroxylation is 1. The number of fused-ring (bicyclic) bond motifs is 1. The Morgan fingerprint density at radius 1 is 1.06 bits per heavy atom. The maximum Gasteiger partial charge on any atom is 0.343 e. The smallest absolute Gasteiger partial charge is 0.338 e. The van der Waals surface area contributed by atoms with Crippen molar-refractivity contribution in [3.05, 3.63) is 54.1 Å². The van der Waals surface area contributed by atoms with Crippen LogP contribution in [0.2, 0.25) is 0 Å². The van der Waals surface area contributed by atoms with Gasteiger partial charge in [-0.15, -0.1) is 0 Å². The highest BCUT2D eigenvalue weighted by Crippen LogP contribution is 2.37. The third kappa shape index (κ3) is 3.80. The third-order valence-electron chi connectivity index (χ3n) is 6.06. The van der Waals surface area contributed by atoms with Crippen LogP contribution in [0.15, 0.2) is 53.4 Å². The summed E-state index contributed by atoms with van der Waals surface area (Å²) in [5.74, 6) is -0.155. The molecule has 1 saturated heterocycles. The molecule has 8 heteroatoms. The summed E-state index contributed by atoms with van der Waals surface area (Å²) in [6, 6.07) is 12.5. The molecule has 0 saturated carbocycles. The molecule has 0 spiro atoms. The summed E-state index contributed by atoms with van der Waals surface area (Å²) in [5.41, 5.74) is 1.45. The van der Waals surface area contributed by atoms with E-state index in [0.29, 0.717) is 6.54 Å². The maximum absolute atomic E-state index is 13.5. The van der Waals surface area contributed by atoms with Crippen LogP contribution < -0.4 is 9.21 Å². The predicted octanol–water partition coefficient (Wildman–Crippen LogP) is 3.92. The van der Waals surface area contributed by atoms with Crippen molar-refractivity contribution in [2.24, 2.45) is 0 Å². The van der Waals surface area contributed by atoms with E-state index in [-0.39, 0.29) is 34.8 Å². The van der Waals surface area contributed by atoms with Gasteiger partial charge >= 0.3 is 6.03 Å². The van der Waals surface area contributed by atoms with E-state index in [1.54, 1.807) is 42.5 Å². The first-order chi connectivity index (χ1) is 14.8. The molecule has 2 aliphatic rings. The van der Waals surface area contributed by atoms with E-state index in [0.717, 1.165) is 35.6 Å². The summed E-state index contributed by atoms with van der Waals surface area (Å²) < 4.78 is 27.4. The summed E-state index contributed by atoms with van der Waals surface area (Å²) in [4.78, 5) is 29.8. The van der Waals surface area contributed by atoms with Crippen LogP contribution in [0.5, 0.6) is 0 Å². The van der Waals surface area contributed by atoms with Crippen molar-refractivity contribution >= 4 is 33.3 Å². The molecular weight excluding hydrogens is 414 g/mol. The number of rotatable bonds is 4. The SMILES string of the molecule is CCC1CCCCN1C(=O)CN1C(=O)N(c2ccc(C)cc2)S(=O)(=O)c2ccccc21. The minimum absolute atomic E-state index is 0.0219.